The molecule has 2 aromatic rings. The van der Waals surface area contributed by atoms with Crippen molar-refractivity contribution in [3.8, 4) is 0 Å². The second-order valence-corrected chi connectivity index (χ2v) is 4.22. The molecule has 16 heavy (non-hydrogen) atoms. The molecule has 3 nitrogen and oxygen atoms in total. The van der Waals surface area contributed by atoms with E-state index in [0.29, 0.717) is 0 Å². The van der Waals surface area contributed by atoms with Gasteiger partial charge in [-0.25, -0.2) is 0 Å². The van der Waals surface area contributed by atoms with E-state index in [1.807, 2.05) is 29.8 Å². The third kappa shape index (κ3) is 1.94. The van der Waals surface area contributed by atoms with Gasteiger partial charge in [0.1, 0.15) is 0 Å². The number of aryl methyl sites for hydroxylation is 2. The van der Waals surface area contributed by atoms with Crippen LogP contribution in [0.15, 0.2) is 30.3 Å². The van der Waals surface area contributed by atoms with E-state index in [2.05, 4.69) is 31.1 Å². The summed E-state index contributed by atoms with van der Waals surface area (Å²) in [7, 11) is 0. The zero-order valence-corrected chi connectivity index (χ0v) is 9.94. The zero-order chi connectivity index (χ0) is 11.7. The van der Waals surface area contributed by atoms with Crippen molar-refractivity contribution in [3.63, 3.8) is 0 Å². The molecule has 1 atom stereocenters. The van der Waals surface area contributed by atoms with Crippen LogP contribution in [-0.2, 0) is 0 Å². The van der Waals surface area contributed by atoms with Crippen LogP contribution in [-0.4, -0.2) is 9.78 Å². The Morgan fingerprint density at radius 2 is 2.00 bits per heavy atom. The maximum atomic E-state index is 5.79. The number of nitrogens with two attached hydrogens (primary N) is 1. The maximum Gasteiger partial charge on any atom is 0.0744 e. The Bertz CT molecular complexity index is 500. The highest BCUT2D eigenvalue weighted by Crippen LogP contribution is 2.21. The van der Waals surface area contributed by atoms with Gasteiger partial charge in [0, 0.05) is 11.4 Å². The Kier molecular flexibility index (Phi) is 2.69. The number of benzene rings is 1. The van der Waals surface area contributed by atoms with E-state index in [0.717, 1.165) is 11.4 Å². The second kappa shape index (κ2) is 4.00. The number of rotatable bonds is 2. The third-order valence-corrected chi connectivity index (χ3v) is 2.80. The third-order valence-electron chi connectivity index (χ3n) is 2.80. The van der Waals surface area contributed by atoms with Crippen molar-refractivity contribution in [2.75, 3.05) is 5.73 Å². The van der Waals surface area contributed by atoms with Crippen LogP contribution in [0, 0.1) is 13.8 Å². The molecule has 0 saturated heterocycles. The summed E-state index contributed by atoms with van der Waals surface area (Å²) in [4.78, 5) is 0. The van der Waals surface area contributed by atoms with E-state index in [1.165, 1.54) is 11.3 Å². The number of anilines is 1. The molecule has 0 aliphatic rings. The molecule has 0 fully saturated rings. The Morgan fingerprint density at radius 1 is 1.25 bits per heavy atom. The van der Waals surface area contributed by atoms with Crippen molar-refractivity contribution in [3.05, 3.63) is 47.3 Å². The van der Waals surface area contributed by atoms with Gasteiger partial charge in [0.25, 0.3) is 0 Å². The van der Waals surface area contributed by atoms with Crippen LogP contribution in [0.3, 0.4) is 0 Å². The van der Waals surface area contributed by atoms with Crippen LogP contribution >= 0.6 is 0 Å². The maximum absolute atomic E-state index is 5.79. The molecule has 1 aromatic heterocycles. The molecule has 1 aromatic carbocycles. The first-order valence-corrected chi connectivity index (χ1v) is 5.46. The number of hydrogen-bond donors (Lipinski definition) is 1. The summed E-state index contributed by atoms with van der Waals surface area (Å²) in [5.41, 5.74) is 9.99. The van der Waals surface area contributed by atoms with Gasteiger partial charge in [-0.2, -0.15) is 5.10 Å². The molecule has 0 aliphatic carbocycles. The molecule has 2 rings (SSSR count). The molecular formula is C13H17N3. The van der Waals surface area contributed by atoms with Crippen molar-refractivity contribution >= 4 is 5.69 Å². The van der Waals surface area contributed by atoms with E-state index < -0.39 is 0 Å². The van der Waals surface area contributed by atoms with Gasteiger partial charge in [-0.1, -0.05) is 12.1 Å². The van der Waals surface area contributed by atoms with Crippen molar-refractivity contribution in [2.24, 2.45) is 0 Å². The van der Waals surface area contributed by atoms with Crippen molar-refractivity contribution in [1.82, 2.24) is 9.78 Å². The van der Waals surface area contributed by atoms with E-state index in [4.69, 9.17) is 5.73 Å². The van der Waals surface area contributed by atoms with E-state index in [-0.39, 0.29) is 6.04 Å². The normalized spacial score (nSPS) is 12.7. The van der Waals surface area contributed by atoms with Gasteiger partial charge in [-0.3, -0.25) is 4.68 Å². The molecule has 1 unspecified atom stereocenters. The highest BCUT2D eigenvalue weighted by atomic mass is 15.3. The molecule has 0 radical (unpaired) electrons. The van der Waals surface area contributed by atoms with Gasteiger partial charge in [-0.05, 0) is 44.5 Å². The highest BCUT2D eigenvalue weighted by molar-refractivity contribution is 5.41. The molecule has 84 valence electrons. The van der Waals surface area contributed by atoms with Crippen LogP contribution < -0.4 is 5.73 Å². The van der Waals surface area contributed by atoms with Crippen molar-refractivity contribution in [2.45, 2.75) is 26.8 Å². The molecular weight excluding hydrogens is 198 g/mol. The van der Waals surface area contributed by atoms with Crippen LogP contribution in [0.5, 0.6) is 0 Å². The lowest BCUT2D eigenvalue weighted by molar-refractivity contribution is 0.546. The van der Waals surface area contributed by atoms with Gasteiger partial charge in [0.2, 0.25) is 0 Å². The lowest BCUT2D eigenvalue weighted by Crippen LogP contribution is -2.10. The molecule has 2 N–H and O–H groups in total. The molecule has 0 spiro atoms. The summed E-state index contributed by atoms with van der Waals surface area (Å²) in [6.07, 6.45) is 0. The largest absolute Gasteiger partial charge is 0.399 e. The topological polar surface area (TPSA) is 43.8 Å². The van der Waals surface area contributed by atoms with Gasteiger partial charge in [0.05, 0.1) is 11.7 Å². The fourth-order valence-electron chi connectivity index (χ4n) is 2.00. The van der Waals surface area contributed by atoms with E-state index in [9.17, 15) is 0 Å². The first-order chi connectivity index (χ1) is 7.58. The van der Waals surface area contributed by atoms with Crippen molar-refractivity contribution in [1.29, 1.82) is 0 Å². The summed E-state index contributed by atoms with van der Waals surface area (Å²) in [5, 5.41) is 4.49. The molecule has 1 heterocycles. The standard InChI is InChI=1S/C13H17N3/c1-9-7-10(2)16(15-9)11(3)12-5-4-6-13(14)8-12/h4-8,11H,14H2,1-3H3. The fourth-order valence-corrected chi connectivity index (χ4v) is 2.00. The number of hydrogen-bond acceptors (Lipinski definition) is 2. The smallest absolute Gasteiger partial charge is 0.0744 e. The average molecular weight is 215 g/mol. The van der Waals surface area contributed by atoms with Gasteiger partial charge in [-0.15, -0.1) is 0 Å². The van der Waals surface area contributed by atoms with E-state index in [1.54, 1.807) is 0 Å². The summed E-state index contributed by atoms with van der Waals surface area (Å²) in [6.45, 7) is 6.21. The summed E-state index contributed by atoms with van der Waals surface area (Å²) in [6, 6.07) is 10.3. The Balaban J connectivity index is 2.38. The molecule has 0 amide bonds. The van der Waals surface area contributed by atoms with Crippen LogP contribution in [0.25, 0.3) is 0 Å². The fraction of sp³-hybridized carbons (Fsp3) is 0.308. The number of nitrogens with zero attached hydrogens (tertiary/aromatic N) is 2. The molecule has 0 bridgehead atoms. The predicted molar refractivity (Wildman–Crippen MR) is 66.4 cm³/mol. The summed E-state index contributed by atoms with van der Waals surface area (Å²) in [5.74, 6) is 0. The Morgan fingerprint density at radius 3 is 2.56 bits per heavy atom. The molecule has 0 saturated carbocycles. The Hall–Kier alpha value is -1.77. The lowest BCUT2D eigenvalue weighted by atomic mass is 10.1. The van der Waals surface area contributed by atoms with E-state index >= 15 is 0 Å². The Labute approximate surface area is 95.9 Å². The quantitative estimate of drug-likeness (QED) is 0.783. The average Bonchev–Trinajstić information content (AvgIpc) is 2.57. The first kappa shape index (κ1) is 10.7. The monoisotopic (exact) mass is 215 g/mol. The minimum Gasteiger partial charge on any atom is -0.399 e. The number of aromatic nitrogens is 2. The first-order valence-electron chi connectivity index (χ1n) is 5.46. The summed E-state index contributed by atoms with van der Waals surface area (Å²) < 4.78 is 2.03. The minimum absolute atomic E-state index is 0.220. The minimum atomic E-state index is 0.220. The predicted octanol–water partition coefficient (Wildman–Crippen LogP) is 2.69. The summed E-state index contributed by atoms with van der Waals surface area (Å²) >= 11 is 0. The SMILES string of the molecule is Cc1cc(C)n(C(C)c2cccc(N)c2)n1. The zero-order valence-electron chi connectivity index (χ0n) is 9.94. The highest BCUT2D eigenvalue weighted by Gasteiger charge is 2.11. The number of nitrogen functional groups attached to an aromatic ring is 1. The van der Waals surface area contributed by atoms with Crippen LogP contribution in [0.2, 0.25) is 0 Å². The van der Waals surface area contributed by atoms with Crippen LogP contribution in [0.4, 0.5) is 5.69 Å². The van der Waals surface area contributed by atoms with Gasteiger partial charge >= 0.3 is 0 Å². The van der Waals surface area contributed by atoms with Crippen molar-refractivity contribution < 1.29 is 0 Å². The van der Waals surface area contributed by atoms with Gasteiger partial charge in [0.15, 0.2) is 0 Å². The van der Waals surface area contributed by atoms with Crippen LogP contribution in [0.1, 0.15) is 29.9 Å². The second-order valence-electron chi connectivity index (χ2n) is 4.22. The molecule has 0 aliphatic heterocycles. The van der Waals surface area contributed by atoms with Gasteiger partial charge < -0.3 is 5.73 Å². The lowest BCUT2D eigenvalue weighted by Gasteiger charge is -2.15. The molecule has 3 heteroatoms.